The van der Waals surface area contributed by atoms with E-state index in [1.807, 2.05) is 0 Å². The molecule has 0 aliphatic heterocycles. The number of nitrogens with one attached hydrogen (secondary N) is 2. The molecule has 0 saturated heterocycles. The van der Waals surface area contributed by atoms with Crippen LogP contribution in [-0.2, 0) is 14.8 Å². The highest BCUT2D eigenvalue weighted by Crippen LogP contribution is 2.04. The number of hydrogen-bond donors (Lipinski definition) is 3. The first kappa shape index (κ1) is 20.8. The molecule has 128 valence electrons. The smallest absolute Gasteiger partial charge is 0.208 e. The number of hydrogen-bond acceptors (Lipinski definition) is 5. The van der Waals surface area contributed by atoms with Crippen LogP contribution in [-0.4, -0.2) is 58.7 Å². The molecule has 0 bridgehead atoms. The number of aliphatic hydroxyl groups excluding tert-OH is 1. The molecule has 0 aliphatic rings. The van der Waals surface area contributed by atoms with E-state index in [0.717, 1.165) is 12.7 Å². The van der Waals surface area contributed by atoms with E-state index in [4.69, 9.17) is 4.74 Å². The molecule has 6 nitrogen and oxygen atoms in total. The van der Waals surface area contributed by atoms with Gasteiger partial charge in [-0.15, -0.1) is 0 Å². The zero-order valence-electron chi connectivity index (χ0n) is 13.4. The van der Waals surface area contributed by atoms with Gasteiger partial charge in [-0.25, -0.2) is 13.1 Å². The Balaban J connectivity index is 3.25. The Kier molecular flexibility index (Phi) is 13.3. The fraction of sp³-hybridized carbons (Fsp3) is 1.00. The molecule has 0 fully saturated rings. The topological polar surface area (TPSA) is 87.7 Å². The summed E-state index contributed by atoms with van der Waals surface area (Å²) in [5.41, 5.74) is 0. The molecular formula is C14H32N2O4S. The van der Waals surface area contributed by atoms with Crippen molar-refractivity contribution in [2.24, 2.45) is 0 Å². The summed E-state index contributed by atoms with van der Waals surface area (Å²) >= 11 is 0. The zero-order valence-corrected chi connectivity index (χ0v) is 14.3. The number of sulfonamides is 1. The van der Waals surface area contributed by atoms with E-state index in [0.29, 0.717) is 32.8 Å². The van der Waals surface area contributed by atoms with Crippen molar-refractivity contribution >= 4 is 10.0 Å². The van der Waals surface area contributed by atoms with Crippen molar-refractivity contribution in [1.29, 1.82) is 0 Å². The van der Waals surface area contributed by atoms with Gasteiger partial charge in [-0.3, -0.25) is 0 Å². The minimum atomic E-state index is -3.13. The lowest BCUT2D eigenvalue weighted by molar-refractivity contribution is 0.0356. The van der Waals surface area contributed by atoms with Gasteiger partial charge in [0.2, 0.25) is 10.0 Å². The normalized spacial score (nSPS) is 13.5. The minimum absolute atomic E-state index is 0.321. The molecule has 0 rings (SSSR count). The predicted octanol–water partition coefficient (Wildman–Crippen LogP) is 0.863. The molecule has 0 spiro atoms. The maximum Gasteiger partial charge on any atom is 0.208 e. The summed E-state index contributed by atoms with van der Waals surface area (Å²) in [5.74, 6) is 0. The molecule has 1 atom stereocenters. The molecule has 1 unspecified atom stereocenters. The Morgan fingerprint density at radius 2 is 1.76 bits per heavy atom. The highest BCUT2D eigenvalue weighted by molar-refractivity contribution is 7.88. The molecule has 0 amide bonds. The maximum absolute atomic E-state index is 10.8. The number of unbranched alkanes of at least 4 members (excludes halogenated alkanes) is 5. The second-order valence-corrected chi connectivity index (χ2v) is 7.20. The average Bonchev–Trinajstić information content (AvgIpc) is 2.40. The standard InChI is InChI=1S/C14H32N2O4S/c1-3-4-5-6-7-8-11-20-13-14(17)12-15-9-10-16-21(2,18)19/h14-17H,3-13H2,1-2H3. The summed E-state index contributed by atoms with van der Waals surface area (Å²) in [7, 11) is -3.13. The second kappa shape index (κ2) is 13.5. The summed E-state index contributed by atoms with van der Waals surface area (Å²) in [6.45, 7) is 4.43. The molecule has 0 saturated carbocycles. The van der Waals surface area contributed by atoms with Crippen LogP contribution in [0.3, 0.4) is 0 Å². The summed E-state index contributed by atoms with van der Waals surface area (Å²) in [5, 5.41) is 12.6. The lowest BCUT2D eigenvalue weighted by Gasteiger charge is -2.12. The van der Waals surface area contributed by atoms with Crippen LogP contribution in [0.25, 0.3) is 0 Å². The summed E-state index contributed by atoms with van der Waals surface area (Å²) in [4.78, 5) is 0. The van der Waals surface area contributed by atoms with Crippen molar-refractivity contribution in [3.63, 3.8) is 0 Å². The van der Waals surface area contributed by atoms with Crippen LogP contribution in [0.4, 0.5) is 0 Å². The highest BCUT2D eigenvalue weighted by atomic mass is 32.2. The fourth-order valence-corrected chi connectivity index (χ4v) is 2.33. The predicted molar refractivity (Wildman–Crippen MR) is 85.9 cm³/mol. The van der Waals surface area contributed by atoms with Crippen LogP contribution in [0.15, 0.2) is 0 Å². The van der Waals surface area contributed by atoms with Gasteiger partial charge in [0.25, 0.3) is 0 Å². The Hall–Kier alpha value is -0.210. The zero-order chi connectivity index (χ0) is 16.0. The van der Waals surface area contributed by atoms with Gasteiger partial charge < -0.3 is 15.2 Å². The molecule has 0 aliphatic carbocycles. The van der Waals surface area contributed by atoms with E-state index in [-0.39, 0.29) is 0 Å². The van der Waals surface area contributed by atoms with Crippen molar-refractivity contribution in [1.82, 2.24) is 10.0 Å². The van der Waals surface area contributed by atoms with E-state index in [2.05, 4.69) is 17.0 Å². The quantitative estimate of drug-likeness (QED) is 0.389. The van der Waals surface area contributed by atoms with Crippen LogP contribution in [0, 0.1) is 0 Å². The first-order chi connectivity index (χ1) is 9.95. The minimum Gasteiger partial charge on any atom is -0.389 e. The van der Waals surface area contributed by atoms with Gasteiger partial charge in [0.15, 0.2) is 0 Å². The third-order valence-corrected chi connectivity index (χ3v) is 3.73. The van der Waals surface area contributed by atoms with Gasteiger partial charge in [0.05, 0.1) is 19.0 Å². The third kappa shape index (κ3) is 17.7. The molecule has 7 heteroatoms. The highest BCUT2D eigenvalue weighted by Gasteiger charge is 2.04. The van der Waals surface area contributed by atoms with E-state index in [1.54, 1.807) is 0 Å². The fourth-order valence-electron chi connectivity index (χ4n) is 1.86. The van der Waals surface area contributed by atoms with Crippen molar-refractivity contribution in [2.45, 2.75) is 51.6 Å². The van der Waals surface area contributed by atoms with Gasteiger partial charge >= 0.3 is 0 Å². The van der Waals surface area contributed by atoms with Crippen LogP contribution in [0.5, 0.6) is 0 Å². The van der Waals surface area contributed by atoms with Gasteiger partial charge in [-0.05, 0) is 6.42 Å². The number of rotatable bonds is 15. The lowest BCUT2D eigenvalue weighted by atomic mass is 10.1. The largest absolute Gasteiger partial charge is 0.389 e. The summed E-state index contributed by atoms with van der Waals surface area (Å²) in [6.07, 6.45) is 7.92. The summed E-state index contributed by atoms with van der Waals surface area (Å²) in [6, 6.07) is 0. The molecule has 0 heterocycles. The second-order valence-electron chi connectivity index (χ2n) is 5.37. The first-order valence-electron chi connectivity index (χ1n) is 7.87. The van der Waals surface area contributed by atoms with Gasteiger partial charge in [-0.2, -0.15) is 0 Å². The molecule has 0 aromatic heterocycles. The first-order valence-corrected chi connectivity index (χ1v) is 9.76. The van der Waals surface area contributed by atoms with Gasteiger partial charge in [-0.1, -0.05) is 39.0 Å². The van der Waals surface area contributed by atoms with E-state index >= 15 is 0 Å². The van der Waals surface area contributed by atoms with Crippen LogP contribution in [0.2, 0.25) is 0 Å². The molecule has 0 aromatic carbocycles. The maximum atomic E-state index is 10.8. The lowest BCUT2D eigenvalue weighted by Crippen LogP contribution is -2.36. The Morgan fingerprint density at radius 1 is 1.10 bits per heavy atom. The average molecular weight is 324 g/mol. The molecule has 21 heavy (non-hydrogen) atoms. The SMILES string of the molecule is CCCCCCCCOCC(O)CNCCNS(C)(=O)=O. The van der Waals surface area contributed by atoms with Gasteiger partial charge in [0, 0.05) is 26.2 Å². The van der Waals surface area contributed by atoms with E-state index < -0.39 is 16.1 Å². The Labute approximate surface area is 129 Å². The van der Waals surface area contributed by atoms with E-state index in [9.17, 15) is 13.5 Å². The van der Waals surface area contributed by atoms with Gasteiger partial charge in [0.1, 0.15) is 0 Å². The monoisotopic (exact) mass is 324 g/mol. The van der Waals surface area contributed by atoms with Crippen molar-refractivity contribution in [3.05, 3.63) is 0 Å². The summed E-state index contributed by atoms with van der Waals surface area (Å²) < 4.78 is 29.4. The Bertz CT molecular complexity index is 323. The van der Waals surface area contributed by atoms with Crippen LogP contribution < -0.4 is 10.0 Å². The molecule has 0 aromatic rings. The number of aliphatic hydroxyl groups is 1. The van der Waals surface area contributed by atoms with Crippen LogP contribution in [0.1, 0.15) is 45.4 Å². The molecule has 0 radical (unpaired) electrons. The van der Waals surface area contributed by atoms with E-state index in [1.165, 1.54) is 32.1 Å². The molecule has 3 N–H and O–H groups in total. The van der Waals surface area contributed by atoms with Crippen LogP contribution >= 0.6 is 0 Å². The van der Waals surface area contributed by atoms with Crippen molar-refractivity contribution in [2.75, 3.05) is 39.1 Å². The third-order valence-electron chi connectivity index (χ3n) is 3.00. The van der Waals surface area contributed by atoms with Crippen molar-refractivity contribution in [3.8, 4) is 0 Å². The number of ether oxygens (including phenoxy) is 1. The molecular weight excluding hydrogens is 292 g/mol. The van der Waals surface area contributed by atoms with Crippen molar-refractivity contribution < 1.29 is 18.3 Å². The Morgan fingerprint density at radius 3 is 2.43 bits per heavy atom.